The normalized spacial score (nSPS) is 16.3. The molecular weight excluding hydrogens is 250 g/mol. The van der Waals surface area contributed by atoms with Crippen LogP contribution in [0.5, 0.6) is 0 Å². The van der Waals surface area contributed by atoms with Gasteiger partial charge in [0.15, 0.2) is 0 Å². The molecule has 6 heteroatoms. The molecule has 0 bridgehead atoms. The number of rotatable bonds is 3. The van der Waals surface area contributed by atoms with E-state index in [1.54, 1.807) is 0 Å². The van der Waals surface area contributed by atoms with Crippen LogP contribution in [0.25, 0.3) is 0 Å². The highest BCUT2D eigenvalue weighted by molar-refractivity contribution is 7.13. The van der Waals surface area contributed by atoms with E-state index in [0.29, 0.717) is 26.3 Å². The van der Waals surface area contributed by atoms with Crippen LogP contribution in [0.2, 0.25) is 0 Å². The number of hydrogen-bond donors (Lipinski definition) is 0. The highest BCUT2D eigenvalue weighted by Gasteiger charge is 2.23. The average Bonchev–Trinajstić information content (AvgIpc) is 2.69. The van der Waals surface area contributed by atoms with Gasteiger partial charge >= 0.3 is 0 Å². The highest BCUT2D eigenvalue weighted by atomic mass is 32.1. The molecule has 5 nitrogen and oxygen atoms in total. The number of morpholine rings is 1. The van der Waals surface area contributed by atoms with Gasteiger partial charge in [-0.05, 0) is 21.0 Å². The zero-order chi connectivity index (χ0) is 13.1. The van der Waals surface area contributed by atoms with Crippen molar-refractivity contribution in [1.82, 2.24) is 14.8 Å². The molecule has 2 heterocycles. The SMILES string of the molecule is Cc1nc(CN(C)C)sc1C(=O)N1CCOCC1. The molecule has 100 valence electrons. The first-order chi connectivity index (χ1) is 8.58. The predicted molar refractivity (Wildman–Crippen MR) is 71.0 cm³/mol. The second-order valence-electron chi connectivity index (χ2n) is 4.66. The Bertz CT molecular complexity index is 425. The van der Waals surface area contributed by atoms with Gasteiger partial charge in [-0.3, -0.25) is 4.79 Å². The fourth-order valence-electron chi connectivity index (χ4n) is 1.90. The van der Waals surface area contributed by atoms with Crippen LogP contribution in [0.4, 0.5) is 0 Å². The largest absolute Gasteiger partial charge is 0.378 e. The van der Waals surface area contributed by atoms with E-state index in [2.05, 4.69) is 9.88 Å². The van der Waals surface area contributed by atoms with Gasteiger partial charge in [-0.15, -0.1) is 11.3 Å². The first kappa shape index (κ1) is 13.5. The van der Waals surface area contributed by atoms with E-state index in [-0.39, 0.29) is 5.91 Å². The number of thiazole rings is 1. The van der Waals surface area contributed by atoms with Crippen LogP contribution in [0.3, 0.4) is 0 Å². The summed E-state index contributed by atoms with van der Waals surface area (Å²) in [7, 11) is 4.00. The summed E-state index contributed by atoms with van der Waals surface area (Å²) in [6.07, 6.45) is 0. The molecule has 0 spiro atoms. The molecule has 0 aromatic carbocycles. The molecule has 1 amide bonds. The van der Waals surface area contributed by atoms with Crippen molar-refractivity contribution in [2.75, 3.05) is 40.4 Å². The van der Waals surface area contributed by atoms with Gasteiger partial charge in [0.05, 0.1) is 18.9 Å². The van der Waals surface area contributed by atoms with Crippen LogP contribution in [0.15, 0.2) is 0 Å². The van der Waals surface area contributed by atoms with E-state index < -0.39 is 0 Å². The maximum atomic E-state index is 12.3. The van der Waals surface area contributed by atoms with Crippen LogP contribution in [-0.4, -0.2) is 61.1 Å². The van der Waals surface area contributed by atoms with Crippen LogP contribution in [-0.2, 0) is 11.3 Å². The van der Waals surface area contributed by atoms with Crippen LogP contribution >= 0.6 is 11.3 Å². The molecule has 18 heavy (non-hydrogen) atoms. The fourth-order valence-corrected chi connectivity index (χ4v) is 3.05. The summed E-state index contributed by atoms with van der Waals surface area (Å²) in [5.74, 6) is 0.0957. The van der Waals surface area contributed by atoms with Gasteiger partial charge in [0.1, 0.15) is 9.88 Å². The van der Waals surface area contributed by atoms with Crippen LogP contribution < -0.4 is 0 Å². The van der Waals surface area contributed by atoms with Gasteiger partial charge in [0.25, 0.3) is 5.91 Å². The van der Waals surface area contributed by atoms with Gasteiger partial charge in [0, 0.05) is 19.6 Å². The van der Waals surface area contributed by atoms with Gasteiger partial charge in [-0.1, -0.05) is 0 Å². The first-order valence-corrected chi connectivity index (χ1v) is 6.87. The molecule has 1 saturated heterocycles. The summed E-state index contributed by atoms with van der Waals surface area (Å²) in [4.78, 5) is 21.5. The number of hydrogen-bond acceptors (Lipinski definition) is 5. The molecule has 0 saturated carbocycles. The number of ether oxygens (including phenoxy) is 1. The molecule has 2 rings (SSSR count). The number of amides is 1. The molecule has 1 aromatic rings. The molecular formula is C12H19N3O2S. The van der Waals surface area contributed by atoms with E-state index in [1.807, 2.05) is 25.9 Å². The summed E-state index contributed by atoms with van der Waals surface area (Å²) in [5.41, 5.74) is 0.841. The zero-order valence-electron chi connectivity index (χ0n) is 11.1. The van der Waals surface area contributed by atoms with Crippen molar-refractivity contribution < 1.29 is 9.53 Å². The standard InChI is InChI=1S/C12H19N3O2S/c1-9-11(18-10(13-9)8-14(2)3)12(16)15-4-6-17-7-5-15/h4-8H2,1-3H3. The third-order valence-corrected chi connectivity index (χ3v) is 3.92. The van der Waals surface area contributed by atoms with Gasteiger partial charge in [-0.2, -0.15) is 0 Å². The summed E-state index contributed by atoms with van der Waals surface area (Å²) in [6.45, 7) is 5.31. The molecule has 1 aliphatic rings. The lowest BCUT2D eigenvalue weighted by Gasteiger charge is -2.26. The van der Waals surface area contributed by atoms with Crippen LogP contribution in [0, 0.1) is 6.92 Å². The maximum Gasteiger partial charge on any atom is 0.266 e. The van der Waals surface area contributed by atoms with E-state index in [9.17, 15) is 4.79 Å². The van der Waals surface area contributed by atoms with E-state index in [1.165, 1.54) is 11.3 Å². The Morgan fingerprint density at radius 3 is 2.72 bits per heavy atom. The molecule has 0 radical (unpaired) electrons. The predicted octanol–water partition coefficient (Wildman–Crippen LogP) is 0.986. The summed E-state index contributed by atoms with van der Waals surface area (Å²) >= 11 is 1.50. The van der Waals surface area contributed by atoms with Crippen molar-refractivity contribution in [1.29, 1.82) is 0 Å². The lowest BCUT2D eigenvalue weighted by molar-refractivity contribution is 0.0305. The Morgan fingerprint density at radius 2 is 2.11 bits per heavy atom. The van der Waals surface area contributed by atoms with Crippen LogP contribution in [0.1, 0.15) is 20.4 Å². The minimum absolute atomic E-state index is 0.0957. The number of nitrogens with zero attached hydrogens (tertiary/aromatic N) is 3. The molecule has 1 fully saturated rings. The maximum absolute atomic E-state index is 12.3. The minimum atomic E-state index is 0.0957. The molecule has 0 unspecified atom stereocenters. The van der Waals surface area contributed by atoms with E-state index in [4.69, 9.17) is 4.74 Å². The fraction of sp³-hybridized carbons (Fsp3) is 0.667. The lowest BCUT2D eigenvalue weighted by Crippen LogP contribution is -2.40. The van der Waals surface area contributed by atoms with Gasteiger partial charge in [0.2, 0.25) is 0 Å². The van der Waals surface area contributed by atoms with E-state index >= 15 is 0 Å². The van der Waals surface area contributed by atoms with Crippen molar-refractivity contribution >= 4 is 17.2 Å². The molecule has 1 aliphatic heterocycles. The lowest BCUT2D eigenvalue weighted by atomic mass is 10.3. The summed E-state index contributed by atoms with van der Waals surface area (Å²) < 4.78 is 5.26. The van der Waals surface area contributed by atoms with Crippen molar-refractivity contribution in [2.24, 2.45) is 0 Å². The number of aryl methyl sites for hydroxylation is 1. The van der Waals surface area contributed by atoms with Crippen molar-refractivity contribution in [3.63, 3.8) is 0 Å². The Balaban J connectivity index is 2.11. The second kappa shape index (κ2) is 5.77. The average molecular weight is 269 g/mol. The molecule has 0 atom stereocenters. The summed E-state index contributed by atoms with van der Waals surface area (Å²) in [5, 5.41) is 0.995. The zero-order valence-corrected chi connectivity index (χ0v) is 11.9. The van der Waals surface area contributed by atoms with Gasteiger partial charge < -0.3 is 14.5 Å². The van der Waals surface area contributed by atoms with Crippen molar-refractivity contribution in [2.45, 2.75) is 13.5 Å². The second-order valence-corrected chi connectivity index (χ2v) is 5.75. The first-order valence-electron chi connectivity index (χ1n) is 6.06. The minimum Gasteiger partial charge on any atom is -0.378 e. The molecule has 0 aliphatic carbocycles. The van der Waals surface area contributed by atoms with E-state index in [0.717, 1.165) is 22.1 Å². The van der Waals surface area contributed by atoms with Crippen molar-refractivity contribution in [3.8, 4) is 0 Å². The number of carbonyl (C=O) groups is 1. The molecule has 1 aromatic heterocycles. The Hall–Kier alpha value is -0.980. The topological polar surface area (TPSA) is 45.7 Å². The smallest absolute Gasteiger partial charge is 0.266 e. The molecule has 0 N–H and O–H groups in total. The monoisotopic (exact) mass is 269 g/mol. The third kappa shape index (κ3) is 3.07. The van der Waals surface area contributed by atoms with Crippen molar-refractivity contribution in [3.05, 3.63) is 15.6 Å². The number of aromatic nitrogens is 1. The quantitative estimate of drug-likeness (QED) is 0.821. The number of carbonyl (C=O) groups excluding carboxylic acids is 1. The Labute approximate surface area is 111 Å². The highest BCUT2D eigenvalue weighted by Crippen LogP contribution is 2.21. The summed E-state index contributed by atoms with van der Waals surface area (Å²) in [6, 6.07) is 0. The Morgan fingerprint density at radius 1 is 1.44 bits per heavy atom. The van der Waals surface area contributed by atoms with Gasteiger partial charge in [-0.25, -0.2) is 4.98 Å². The third-order valence-electron chi connectivity index (χ3n) is 2.78. The Kier molecular flexibility index (Phi) is 4.31.